The highest BCUT2D eigenvalue weighted by Crippen LogP contribution is 2.47. The number of fused-ring (bicyclic) bond motifs is 7. The third kappa shape index (κ3) is 5.96. The van der Waals surface area contributed by atoms with E-state index >= 15 is 0 Å². The predicted octanol–water partition coefficient (Wildman–Crippen LogP) is 15.2. The van der Waals surface area contributed by atoms with Crippen molar-refractivity contribution < 1.29 is 4.42 Å². The molecule has 12 rings (SSSR count). The number of rotatable bonds is 6. The van der Waals surface area contributed by atoms with Crippen LogP contribution >= 0.6 is 0 Å². The molecule has 61 heavy (non-hydrogen) atoms. The lowest BCUT2D eigenvalue weighted by Gasteiger charge is -2.17. The number of nitrogens with zero attached hydrogens (tertiary/aromatic N) is 3. The van der Waals surface area contributed by atoms with Crippen molar-refractivity contribution in [3.8, 4) is 67.4 Å². The SMILES string of the molecule is c1ccc(-c2ccc(-c3nc4ccccc4c4c(-c5cccc(-c6cc(-c7cccc8ccccc78)nc(-c7ccccc7)n6)c5)c5c(cc34)oc3ccccc35)cc2)cc1. The molecule has 9 aromatic carbocycles. The van der Waals surface area contributed by atoms with Crippen LogP contribution in [0.5, 0.6) is 0 Å². The molecule has 0 bridgehead atoms. The summed E-state index contributed by atoms with van der Waals surface area (Å²) in [5.41, 5.74) is 13.8. The number of benzene rings is 9. The van der Waals surface area contributed by atoms with Crippen LogP contribution < -0.4 is 0 Å². The van der Waals surface area contributed by atoms with Gasteiger partial charge in [-0.05, 0) is 57.8 Å². The van der Waals surface area contributed by atoms with Crippen LogP contribution in [0.15, 0.2) is 217 Å². The van der Waals surface area contributed by atoms with Crippen molar-refractivity contribution >= 4 is 54.4 Å². The van der Waals surface area contributed by atoms with E-state index in [4.69, 9.17) is 19.4 Å². The summed E-state index contributed by atoms with van der Waals surface area (Å²) in [6.07, 6.45) is 0. The molecule has 0 spiro atoms. The van der Waals surface area contributed by atoms with Crippen LogP contribution in [0.25, 0.3) is 122 Å². The Kier molecular flexibility index (Phi) is 8.13. The van der Waals surface area contributed by atoms with Crippen molar-refractivity contribution in [1.29, 1.82) is 0 Å². The number of hydrogen-bond donors (Lipinski definition) is 0. The smallest absolute Gasteiger partial charge is 0.160 e. The predicted molar refractivity (Wildman–Crippen MR) is 252 cm³/mol. The fraction of sp³-hybridized carbons (Fsp3) is 0. The maximum atomic E-state index is 6.73. The van der Waals surface area contributed by atoms with Gasteiger partial charge in [0.05, 0.1) is 22.6 Å². The first kappa shape index (κ1) is 34.8. The van der Waals surface area contributed by atoms with E-state index in [9.17, 15) is 0 Å². The van der Waals surface area contributed by atoms with Gasteiger partial charge in [-0.3, -0.25) is 0 Å². The second-order valence-electron chi connectivity index (χ2n) is 15.5. The molecule has 3 heterocycles. The first-order chi connectivity index (χ1) is 30.2. The van der Waals surface area contributed by atoms with Crippen molar-refractivity contribution in [2.24, 2.45) is 0 Å². The zero-order valence-electron chi connectivity index (χ0n) is 33.0. The number of para-hydroxylation sites is 2. The van der Waals surface area contributed by atoms with Crippen LogP contribution in [-0.4, -0.2) is 15.0 Å². The van der Waals surface area contributed by atoms with E-state index in [-0.39, 0.29) is 0 Å². The zero-order chi connectivity index (χ0) is 40.3. The Morgan fingerprint density at radius 1 is 0.328 bits per heavy atom. The number of furan rings is 1. The molecule has 0 aliphatic heterocycles. The Labute approximate surface area is 352 Å². The molecule has 0 N–H and O–H groups in total. The van der Waals surface area contributed by atoms with Crippen LogP contribution in [-0.2, 0) is 0 Å². The minimum absolute atomic E-state index is 0.680. The maximum absolute atomic E-state index is 6.73. The van der Waals surface area contributed by atoms with Gasteiger partial charge in [0.2, 0.25) is 0 Å². The summed E-state index contributed by atoms with van der Waals surface area (Å²) in [5, 5.41) is 7.72. The van der Waals surface area contributed by atoms with Crippen LogP contribution in [0.1, 0.15) is 0 Å². The molecule has 0 saturated carbocycles. The van der Waals surface area contributed by atoms with E-state index in [1.165, 1.54) is 10.9 Å². The van der Waals surface area contributed by atoms with Crippen molar-refractivity contribution in [2.75, 3.05) is 0 Å². The molecule has 12 aromatic rings. The molecular weight excluding hydrogens is 743 g/mol. The molecule has 3 aromatic heterocycles. The van der Waals surface area contributed by atoms with Gasteiger partial charge in [-0.1, -0.05) is 182 Å². The minimum Gasteiger partial charge on any atom is -0.456 e. The number of pyridine rings is 1. The van der Waals surface area contributed by atoms with Gasteiger partial charge in [-0.2, -0.15) is 0 Å². The van der Waals surface area contributed by atoms with Crippen molar-refractivity contribution in [3.63, 3.8) is 0 Å². The van der Waals surface area contributed by atoms with Gasteiger partial charge in [0, 0.05) is 54.7 Å². The summed E-state index contributed by atoms with van der Waals surface area (Å²) in [6.45, 7) is 0. The van der Waals surface area contributed by atoms with Crippen LogP contribution in [0.2, 0.25) is 0 Å². The van der Waals surface area contributed by atoms with Gasteiger partial charge >= 0.3 is 0 Å². The second-order valence-corrected chi connectivity index (χ2v) is 15.5. The Balaban J connectivity index is 1.12. The quantitative estimate of drug-likeness (QED) is 0.158. The first-order valence-corrected chi connectivity index (χ1v) is 20.6. The van der Waals surface area contributed by atoms with E-state index in [0.717, 1.165) is 105 Å². The summed E-state index contributed by atoms with van der Waals surface area (Å²) >= 11 is 0. The average Bonchev–Trinajstić information content (AvgIpc) is 3.71. The van der Waals surface area contributed by atoms with Crippen molar-refractivity contribution in [1.82, 2.24) is 15.0 Å². The third-order valence-electron chi connectivity index (χ3n) is 11.9. The molecule has 0 fully saturated rings. The molecule has 4 nitrogen and oxygen atoms in total. The topological polar surface area (TPSA) is 51.8 Å². The number of hydrogen-bond acceptors (Lipinski definition) is 4. The standard InChI is InChI=1S/C57H35N3O/c1-3-15-36(16-4-1)37-29-31-39(32-30-37)56-47-34-52-55(46-25-10-12-28-51(46)61-52)53(54(47)45-24-9-11-27-48(45)58-56)42-22-13-21-41(33-42)49-35-50(60-57(59-49)40-18-5-2-6-19-40)44-26-14-20-38-17-7-8-23-43(38)44/h1-35H. The van der Waals surface area contributed by atoms with Gasteiger partial charge in [0.15, 0.2) is 5.82 Å². The average molecular weight is 778 g/mol. The first-order valence-electron chi connectivity index (χ1n) is 20.6. The summed E-state index contributed by atoms with van der Waals surface area (Å²) in [7, 11) is 0. The Morgan fingerprint density at radius 3 is 1.77 bits per heavy atom. The molecule has 284 valence electrons. The highest BCUT2D eigenvalue weighted by Gasteiger charge is 2.22. The Bertz CT molecular complexity index is 3630. The Morgan fingerprint density at radius 2 is 0.934 bits per heavy atom. The summed E-state index contributed by atoms with van der Waals surface area (Å²) in [6, 6.07) is 74.4. The largest absolute Gasteiger partial charge is 0.456 e. The molecule has 0 aliphatic carbocycles. The van der Waals surface area contributed by atoms with Gasteiger partial charge in [-0.15, -0.1) is 0 Å². The van der Waals surface area contributed by atoms with Gasteiger partial charge in [0.1, 0.15) is 11.2 Å². The molecule has 0 atom stereocenters. The van der Waals surface area contributed by atoms with Gasteiger partial charge in [0.25, 0.3) is 0 Å². The van der Waals surface area contributed by atoms with Crippen LogP contribution in [0.3, 0.4) is 0 Å². The van der Waals surface area contributed by atoms with E-state index in [2.05, 4.69) is 182 Å². The van der Waals surface area contributed by atoms with Gasteiger partial charge < -0.3 is 4.42 Å². The highest BCUT2D eigenvalue weighted by molar-refractivity contribution is 6.27. The second kappa shape index (κ2) is 14.3. The lowest BCUT2D eigenvalue weighted by molar-refractivity contribution is 0.669. The number of aromatic nitrogens is 3. The fourth-order valence-corrected chi connectivity index (χ4v) is 9.01. The summed E-state index contributed by atoms with van der Waals surface area (Å²) in [4.78, 5) is 15.9. The minimum atomic E-state index is 0.680. The lowest BCUT2D eigenvalue weighted by Crippen LogP contribution is -1.97. The molecule has 0 saturated heterocycles. The molecular formula is C57H35N3O. The summed E-state index contributed by atoms with van der Waals surface area (Å²) in [5.74, 6) is 0.680. The highest BCUT2D eigenvalue weighted by atomic mass is 16.3. The molecule has 0 amide bonds. The maximum Gasteiger partial charge on any atom is 0.160 e. The van der Waals surface area contributed by atoms with E-state index in [0.29, 0.717) is 5.82 Å². The van der Waals surface area contributed by atoms with Crippen molar-refractivity contribution in [3.05, 3.63) is 212 Å². The lowest BCUT2D eigenvalue weighted by atomic mass is 9.88. The monoisotopic (exact) mass is 777 g/mol. The van der Waals surface area contributed by atoms with Crippen LogP contribution in [0, 0.1) is 0 Å². The zero-order valence-corrected chi connectivity index (χ0v) is 33.0. The fourth-order valence-electron chi connectivity index (χ4n) is 9.01. The van der Waals surface area contributed by atoms with E-state index in [1.807, 2.05) is 30.3 Å². The Hall–Kier alpha value is -8.21. The van der Waals surface area contributed by atoms with E-state index in [1.54, 1.807) is 0 Å². The molecule has 0 radical (unpaired) electrons. The molecule has 0 unspecified atom stereocenters. The summed E-state index contributed by atoms with van der Waals surface area (Å²) < 4.78 is 6.73. The molecule has 0 aliphatic rings. The van der Waals surface area contributed by atoms with E-state index < -0.39 is 0 Å². The third-order valence-corrected chi connectivity index (χ3v) is 11.9. The van der Waals surface area contributed by atoms with Crippen molar-refractivity contribution in [2.45, 2.75) is 0 Å². The normalized spacial score (nSPS) is 11.6. The van der Waals surface area contributed by atoms with Gasteiger partial charge in [-0.25, -0.2) is 15.0 Å². The molecule has 4 heteroatoms. The van der Waals surface area contributed by atoms with Crippen LogP contribution in [0.4, 0.5) is 0 Å².